The van der Waals surface area contributed by atoms with Crippen LogP contribution in [0.25, 0.3) is 0 Å². The van der Waals surface area contributed by atoms with Crippen molar-refractivity contribution in [3.05, 3.63) is 51.2 Å². The lowest BCUT2D eigenvalue weighted by atomic mass is 9.90. The number of sulfonamides is 1. The lowest BCUT2D eigenvalue weighted by Gasteiger charge is -2.16. The zero-order valence-electron chi connectivity index (χ0n) is 13.3. The Labute approximate surface area is 148 Å². The minimum absolute atomic E-state index is 0.390. The van der Waals surface area contributed by atoms with Gasteiger partial charge in [0.2, 0.25) is 0 Å². The molecule has 1 heterocycles. The molecule has 1 aliphatic rings. The van der Waals surface area contributed by atoms with E-state index in [0.29, 0.717) is 16.9 Å². The molecule has 3 rings (SSSR count). The number of benzene rings is 1. The topological polar surface area (TPSA) is 75.3 Å². The third kappa shape index (κ3) is 3.88. The van der Waals surface area contributed by atoms with Crippen LogP contribution in [0.15, 0.2) is 29.2 Å². The van der Waals surface area contributed by atoms with Gasteiger partial charge in [-0.05, 0) is 48.9 Å². The number of fused-ring (bicyclic) bond motifs is 1. The van der Waals surface area contributed by atoms with Crippen molar-refractivity contribution in [2.45, 2.75) is 31.1 Å². The van der Waals surface area contributed by atoms with E-state index in [1.807, 2.05) is 4.83 Å². The number of rotatable bonds is 4. The fraction of sp³-hybridized carbons (Fsp3) is 0.312. The Bertz CT molecular complexity index is 925. The van der Waals surface area contributed by atoms with Crippen molar-refractivity contribution in [1.82, 2.24) is 10.3 Å². The number of hydrogen-bond acceptors (Lipinski definition) is 4. The maximum Gasteiger partial charge on any atom is 0.276 e. The second kappa shape index (κ2) is 6.81. The summed E-state index contributed by atoms with van der Waals surface area (Å²) in [6.45, 7) is 2.14. The number of hydrazine groups is 1. The molecule has 134 valence electrons. The average Bonchev–Trinajstić information content (AvgIpc) is 2.95. The molecule has 0 saturated heterocycles. The van der Waals surface area contributed by atoms with Crippen LogP contribution in [0, 0.1) is 17.6 Å². The Hall–Kier alpha value is -1.84. The molecule has 9 heteroatoms. The molecule has 1 aliphatic carbocycles. The highest BCUT2D eigenvalue weighted by Gasteiger charge is 2.23. The third-order valence-corrected chi connectivity index (χ3v) is 6.55. The van der Waals surface area contributed by atoms with Crippen molar-refractivity contribution >= 4 is 27.3 Å². The van der Waals surface area contributed by atoms with Gasteiger partial charge in [-0.15, -0.1) is 16.2 Å². The van der Waals surface area contributed by atoms with Gasteiger partial charge < -0.3 is 0 Å². The van der Waals surface area contributed by atoms with Gasteiger partial charge in [-0.2, -0.15) is 0 Å². The van der Waals surface area contributed by atoms with Gasteiger partial charge >= 0.3 is 0 Å². The summed E-state index contributed by atoms with van der Waals surface area (Å²) in [5.41, 5.74) is 3.19. The molecule has 0 aliphatic heterocycles. The summed E-state index contributed by atoms with van der Waals surface area (Å²) in [5, 5.41) is 0. The van der Waals surface area contributed by atoms with Crippen molar-refractivity contribution in [1.29, 1.82) is 0 Å². The Kier molecular flexibility index (Phi) is 4.90. The summed E-state index contributed by atoms with van der Waals surface area (Å²) in [5.74, 6) is -2.18. The zero-order valence-corrected chi connectivity index (χ0v) is 14.9. The summed E-state index contributed by atoms with van der Waals surface area (Å²) in [7, 11) is -4.34. The minimum Gasteiger partial charge on any atom is -0.273 e. The second-order valence-corrected chi connectivity index (χ2v) is 8.83. The summed E-state index contributed by atoms with van der Waals surface area (Å²) in [6, 6.07) is 3.85. The number of nitrogens with one attached hydrogen (secondary N) is 2. The average molecular weight is 386 g/mol. The first kappa shape index (κ1) is 18.0. The maximum atomic E-state index is 13.6. The Morgan fingerprint density at radius 2 is 2.04 bits per heavy atom. The number of amides is 1. The van der Waals surface area contributed by atoms with E-state index in [2.05, 4.69) is 12.3 Å². The van der Waals surface area contributed by atoms with E-state index in [-0.39, 0.29) is 0 Å². The number of halogens is 2. The smallest absolute Gasteiger partial charge is 0.273 e. The van der Waals surface area contributed by atoms with E-state index >= 15 is 0 Å². The molecule has 0 bridgehead atoms. The lowest BCUT2D eigenvalue weighted by Crippen LogP contribution is -2.41. The number of aryl methyl sites for hydroxylation is 1. The molecular formula is C16H16F2N2O3S2. The molecular weight excluding hydrogens is 370 g/mol. The molecule has 0 fully saturated rings. The Balaban J connectivity index is 1.71. The number of hydrogen-bond donors (Lipinski definition) is 2. The van der Waals surface area contributed by atoms with Crippen molar-refractivity contribution in [2.75, 3.05) is 0 Å². The zero-order chi connectivity index (χ0) is 18.2. The van der Waals surface area contributed by atoms with Gasteiger partial charge in [-0.25, -0.2) is 17.2 Å². The summed E-state index contributed by atoms with van der Waals surface area (Å²) in [6.07, 6.45) is 2.86. The van der Waals surface area contributed by atoms with E-state index < -0.39 is 32.5 Å². The molecule has 1 aromatic carbocycles. The minimum atomic E-state index is -4.34. The number of carbonyl (C=O) groups is 1. The van der Waals surface area contributed by atoms with Crippen LogP contribution < -0.4 is 10.3 Å². The predicted octanol–water partition coefficient (Wildman–Crippen LogP) is 2.77. The monoisotopic (exact) mass is 386 g/mol. The Morgan fingerprint density at radius 1 is 1.28 bits per heavy atom. The highest BCUT2D eigenvalue weighted by atomic mass is 32.2. The molecule has 2 N–H and O–H groups in total. The van der Waals surface area contributed by atoms with Crippen LogP contribution in [-0.4, -0.2) is 14.3 Å². The molecule has 1 amide bonds. The first-order valence-corrected chi connectivity index (χ1v) is 9.95. The molecule has 25 heavy (non-hydrogen) atoms. The third-order valence-electron chi connectivity index (χ3n) is 4.04. The van der Waals surface area contributed by atoms with Gasteiger partial charge in [0, 0.05) is 10.9 Å². The van der Waals surface area contributed by atoms with Crippen LogP contribution in [0.2, 0.25) is 0 Å². The Morgan fingerprint density at radius 3 is 2.76 bits per heavy atom. The second-order valence-electron chi connectivity index (χ2n) is 6.04. The van der Waals surface area contributed by atoms with Gasteiger partial charge in [0.15, 0.2) is 0 Å². The largest absolute Gasteiger partial charge is 0.276 e. The molecule has 0 unspecified atom stereocenters. The normalized spacial score (nSPS) is 17.2. The maximum absolute atomic E-state index is 13.6. The van der Waals surface area contributed by atoms with Crippen LogP contribution in [0.3, 0.4) is 0 Å². The van der Waals surface area contributed by atoms with Crippen LogP contribution in [-0.2, 0) is 22.9 Å². The van der Waals surface area contributed by atoms with E-state index in [9.17, 15) is 22.0 Å². The molecule has 2 aromatic rings. The first-order valence-electron chi connectivity index (χ1n) is 7.65. The number of thiophene rings is 1. The van der Waals surface area contributed by atoms with Gasteiger partial charge in [0.1, 0.15) is 16.5 Å². The fourth-order valence-electron chi connectivity index (χ4n) is 2.74. The molecule has 1 atom stereocenters. The summed E-state index contributed by atoms with van der Waals surface area (Å²) < 4.78 is 50.6. The van der Waals surface area contributed by atoms with Crippen LogP contribution in [0.4, 0.5) is 8.78 Å². The van der Waals surface area contributed by atoms with Gasteiger partial charge in [0.25, 0.3) is 15.9 Å². The van der Waals surface area contributed by atoms with Crippen molar-refractivity contribution in [3.63, 3.8) is 0 Å². The number of carbonyl (C=O) groups excluding carboxylic acids is 1. The molecule has 0 radical (unpaired) electrons. The molecule has 0 spiro atoms. The fourth-order valence-corrected chi connectivity index (χ4v) is 4.74. The standard InChI is InChI=1S/C16H16F2N2O3S2/c1-9-2-4-13-10(6-9)7-14(24-13)16(21)19-20-25(22,23)15-5-3-11(17)8-12(15)18/h3,5,7-9,20H,2,4,6H2,1H3,(H,19,21)/t9-/m1/s1. The van der Waals surface area contributed by atoms with Crippen molar-refractivity contribution < 1.29 is 22.0 Å². The predicted molar refractivity (Wildman–Crippen MR) is 89.7 cm³/mol. The molecule has 0 saturated carbocycles. The quantitative estimate of drug-likeness (QED) is 0.794. The van der Waals surface area contributed by atoms with Crippen molar-refractivity contribution in [3.8, 4) is 0 Å². The van der Waals surface area contributed by atoms with Gasteiger partial charge in [0.05, 0.1) is 4.88 Å². The van der Waals surface area contributed by atoms with Crippen LogP contribution in [0.5, 0.6) is 0 Å². The van der Waals surface area contributed by atoms with E-state index in [1.165, 1.54) is 11.3 Å². The molecule has 5 nitrogen and oxygen atoms in total. The SMILES string of the molecule is C[C@@H]1CCc2sc(C(=O)NNS(=O)(=O)c3ccc(F)cc3F)cc2C1. The van der Waals surface area contributed by atoms with Crippen LogP contribution >= 0.6 is 11.3 Å². The van der Waals surface area contributed by atoms with Gasteiger partial charge in [-0.1, -0.05) is 6.92 Å². The highest BCUT2D eigenvalue weighted by Crippen LogP contribution is 2.32. The van der Waals surface area contributed by atoms with Crippen LogP contribution in [0.1, 0.15) is 33.5 Å². The molecule has 1 aromatic heterocycles. The summed E-state index contributed by atoms with van der Waals surface area (Å²) >= 11 is 1.33. The van der Waals surface area contributed by atoms with E-state index in [1.54, 1.807) is 6.07 Å². The van der Waals surface area contributed by atoms with Gasteiger partial charge in [-0.3, -0.25) is 10.2 Å². The van der Waals surface area contributed by atoms with Crippen molar-refractivity contribution in [2.24, 2.45) is 5.92 Å². The van der Waals surface area contributed by atoms with E-state index in [0.717, 1.165) is 41.8 Å². The van der Waals surface area contributed by atoms with E-state index in [4.69, 9.17) is 0 Å². The first-order chi connectivity index (χ1) is 11.8. The highest BCUT2D eigenvalue weighted by molar-refractivity contribution is 7.89. The lowest BCUT2D eigenvalue weighted by molar-refractivity contribution is 0.0949. The summed E-state index contributed by atoms with van der Waals surface area (Å²) in [4.78, 5) is 14.8.